The molecule has 220 valence electrons. The summed E-state index contributed by atoms with van der Waals surface area (Å²) in [5.74, 6) is -1.21. The molecule has 7 nitrogen and oxygen atoms in total. The van der Waals surface area contributed by atoms with Crippen LogP contribution in [-0.2, 0) is 20.2 Å². The van der Waals surface area contributed by atoms with E-state index in [1.165, 1.54) is 47.6 Å². The van der Waals surface area contributed by atoms with Gasteiger partial charge in [0, 0.05) is 42.2 Å². The minimum atomic E-state index is -4.11. The first-order chi connectivity index (χ1) is 20.0. The fourth-order valence-corrected chi connectivity index (χ4v) is 8.47. The topological polar surface area (TPSA) is 86.8 Å². The predicted octanol–water partition coefficient (Wildman–Crippen LogP) is 5.88. The third-order valence-electron chi connectivity index (χ3n) is 8.83. The Labute approximate surface area is 242 Å². The van der Waals surface area contributed by atoms with Gasteiger partial charge in [-0.15, -0.1) is 0 Å². The minimum absolute atomic E-state index is 0.0280. The molecular weight excluding hydrogens is 567 g/mol. The van der Waals surface area contributed by atoms with Crippen LogP contribution in [0.3, 0.4) is 0 Å². The molecule has 2 amide bonds. The number of benzene rings is 3. The quantitative estimate of drug-likeness (QED) is 0.385. The van der Waals surface area contributed by atoms with Crippen LogP contribution in [0, 0.1) is 11.7 Å². The number of likely N-dealkylation sites (tertiary alicyclic amines) is 1. The standard InChI is InChI=1S/C31H30F3N3O4S/c1-19(38)36-16-14-31(15-17-36)26-18-22(35-30(39)25-5-3-2-4-24(25)29(33)34)10-13-27(26)37(28(31)20-6-7-20)42(40,41)23-11-8-21(32)9-12-23/h2-5,8-13,18,20,28-29H,6-7,14-17H2,1H3,(H,35,39). The van der Waals surface area contributed by atoms with Gasteiger partial charge in [0.2, 0.25) is 5.91 Å². The van der Waals surface area contributed by atoms with E-state index in [0.29, 0.717) is 37.3 Å². The van der Waals surface area contributed by atoms with E-state index in [-0.39, 0.29) is 27.8 Å². The van der Waals surface area contributed by atoms with Crippen LogP contribution in [-0.4, -0.2) is 44.3 Å². The summed E-state index contributed by atoms with van der Waals surface area (Å²) in [5.41, 5.74) is 0.388. The molecule has 11 heteroatoms. The van der Waals surface area contributed by atoms with Crippen molar-refractivity contribution in [1.29, 1.82) is 0 Å². The number of anilines is 2. The van der Waals surface area contributed by atoms with Gasteiger partial charge in [0.25, 0.3) is 22.4 Å². The van der Waals surface area contributed by atoms with Gasteiger partial charge in [-0.1, -0.05) is 18.2 Å². The molecule has 0 radical (unpaired) electrons. The van der Waals surface area contributed by atoms with Gasteiger partial charge in [-0.2, -0.15) is 0 Å². The molecule has 1 N–H and O–H groups in total. The SMILES string of the molecule is CC(=O)N1CCC2(CC1)c1cc(NC(=O)c3ccccc3C(F)F)ccc1N(S(=O)(=O)c1ccc(F)cc1)C2C1CC1. The Balaban J connectivity index is 1.45. The van der Waals surface area contributed by atoms with Crippen LogP contribution < -0.4 is 9.62 Å². The fourth-order valence-electron chi connectivity index (χ4n) is 6.67. The first kappa shape index (κ1) is 28.3. The monoisotopic (exact) mass is 597 g/mol. The maximum atomic E-state index is 14.2. The van der Waals surface area contributed by atoms with Crippen molar-refractivity contribution in [3.05, 3.63) is 89.2 Å². The summed E-state index contributed by atoms with van der Waals surface area (Å²) >= 11 is 0. The maximum absolute atomic E-state index is 14.2. The van der Waals surface area contributed by atoms with Crippen molar-refractivity contribution in [2.75, 3.05) is 22.7 Å². The van der Waals surface area contributed by atoms with Crippen LogP contribution in [0.5, 0.6) is 0 Å². The second-order valence-corrected chi connectivity index (χ2v) is 13.1. The molecule has 2 fully saturated rings. The number of alkyl halides is 2. The van der Waals surface area contributed by atoms with Crippen LogP contribution in [0.1, 0.15) is 60.5 Å². The van der Waals surface area contributed by atoms with E-state index in [2.05, 4.69) is 5.32 Å². The second kappa shape index (κ2) is 10.4. The lowest BCUT2D eigenvalue weighted by Gasteiger charge is -2.45. The molecule has 1 atom stereocenters. The summed E-state index contributed by atoms with van der Waals surface area (Å²) in [4.78, 5) is 27.0. The van der Waals surface area contributed by atoms with Crippen LogP contribution in [0.2, 0.25) is 0 Å². The number of amides is 2. The predicted molar refractivity (Wildman–Crippen MR) is 152 cm³/mol. The van der Waals surface area contributed by atoms with Crippen LogP contribution in [0.15, 0.2) is 71.6 Å². The highest BCUT2D eigenvalue weighted by Gasteiger charge is 2.60. The maximum Gasteiger partial charge on any atom is 0.264 e. The van der Waals surface area contributed by atoms with Gasteiger partial charge < -0.3 is 10.2 Å². The van der Waals surface area contributed by atoms with Crippen LogP contribution >= 0.6 is 0 Å². The Kier molecular flexibility index (Phi) is 7.03. The van der Waals surface area contributed by atoms with E-state index in [1.54, 1.807) is 23.1 Å². The zero-order valence-electron chi connectivity index (χ0n) is 22.9. The normalized spacial score (nSPS) is 19.7. The third kappa shape index (κ3) is 4.73. The van der Waals surface area contributed by atoms with Crippen molar-refractivity contribution in [2.45, 2.75) is 55.4 Å². The number of carbonyl (C=O) groups excluding carboxylic acids is 2. The first-order valence-corrected chi connectivity index (χ1v) is 15.4. The number of halogens is 3. The average molecular weight is 598 g/mol. The summed E-state index contributed by atoms with van der Waals surface area (Å²) in [6.45, 7) is 2.40. The van der Waals surface area contributed by atoms with Crippen LogP contribution in [0.4, 0.5) is 24.5 Å². The second-order valence-electron chi connectivity index (χ2n) is 11.3. The molecular formula is C31H30F3N3O4S. The van der Waals surface area contributed by atoms with Gasteiger partial charge in [0.1, 0.15) is 5.82 Å². The molecule has 3 aromatic rings. The molecule has 2 aliphatic heterocycles. The van der Waals surface area contributed by atoms with E-state index in [1.807, 2.05) is 0 Å². The lowest BCUT2D eigenvalue weighted by molar-refractivity contribution is -0.130. The molecule has 2 heterocycles. The molecule has 42 heavy (non-hydrogen) atoms. The molecule has 3 aliphatic rings. The van der Waals surface area contributed by atoms with Crippen LogP contribution in [0.25, 0.3) is 0 Å². The number of piperidine rings is 1. The number of nitrogens with zero attached hydrogens (tertiary/aromatic N) is 2. The Bertz CT molecular complexity index is 1650. The number of fused-ring (bicyclic) bond motifs is 2. The highest BCUT2D eigenvalue weighted by atomic mass is 32.2. The van der Waals surface area contributed by atoms with Gasteiger partial charge in [-0.05, 0) is 85.7 Å². The number of hydrogen-bond donors (Lipinski definition) is 1. The van der Waals surface area contributed by atoms with Gasteiger partial charge in [-0.25, -0.2) is 21.6 Å². The highest BCUT2D eigenvalue weighted by Crippen LogP contribution is 2.59. The van der Waals surface area contributed by atoms with E-state index in [4.69, 9.17) is 0 Å². The summed E-state index contributed by atoms with van der Waals surface area (Å²) < 4.78 is 70.7. The third-order valence-corrected chi connectivity index (χ3v) is 10.6. The Morgan fingerprint density at radius 3 is 2.26 bits per heavy atom. The summed E-state index contributed by atoms with van der Waals surface area (Å²) in [5, 5.41) is 2.74. The Morgan fingerprint density at radius 2 is 1.64 bits per heavy atom. The molecule has 1 saturated heterocycles. The fraction of sp³-hybridized carbons (Fsp3) is 0.355. The van der Waals surface area contributed by atoms with Crippen molar-refractivity contribution < 1.29 is 31.2 Å². The zero-order chi connectivity index (χ0) is 29.8. The number of rotatable bonds is 6. The number of nitrogens with one attached hydrogen (secondary N) is 1. The van der Waals surface area contributed by atoms with E-state index in [0.717, 1.165) is 30.5 Å². The van der Waals surface area contributed by atoms with E-state index in [9.17, 15) is 31.2 Å². The van der Waals surface area contributed by atoms with Crippen molar-refractivity contribution >= 4 is 33.2 Å². The summed E-state index contributed by atoms with van der Waals surface area (Å²) in [6, 6.07) is 14.8. The largest absolute Gasteiger partial charge is 0.343 e. The molecule has 0 bridgehead atoms. The number of hydrogen-bond acceptors (Lipinski definition) is 4. The first-order valence-electron chi connectivity index (χ1n) is 13.9. The van der Waals surface area contributed by atoms with Crippen molar-refractivity contribution in [3.8, 4) is 0 Å². The molecule has 3 aromatic carbocycles. The molecule has 6 rings (SSSR count). The van der Waals surface area contributed by atoms with Gasteiger partial charge in [0.05, 0.1) is 16.6 Å². The Hall–Kier alpha value is -3.86. The lowest BCUT2D eigenvalue weighted by atomic mass is 9.68. The Morgan fingerprint density at radius 1 is 0.976 bits per heavy atom. The lowest BCUT2D eigenvalue weighted by Crippen LogP contribution is -2.54. The summed E-state index contributed by atoms with van der Waals surface area (Å²) in [6.07, 6.45) is -0.101. The van der Waals surface area contributed by atoms with E-state index >= 15 is 0 Å². The van der Waals surface area contributed by atoms with Crippen molar-refractivity contribution in [2.24, 2.45) is 5.92 Å². The van der Waals surface area contributed by atoms with E-state index < -0.39 is 39.6 Å². The van der Waals surface area contributed by atoms with Gasteiger partial charge >= 0.3 is 0 Å². The number of sulfonamides is 1. The molecule has 1 saturated carbocycles. The molecule has 1 aliphatic carbocycles. The smallest absolute Gasteiger partial charge is 0.264 e. The average Bonchev–Trinajstić information content (AvgIpc) is 3.77. The highest BCUT2D eigenvalue weighted by molar-refractivity contribution is 7.92. The summed E-state index contributed by atoms with van der Waals surface area (Å²) in [7, 11) is -4.11. The van der Waals surface area contributed by atoms with Crippen molar-refractivity contribution in [1.82, 2.24) is 4.90 Å². The molecule has 1 spiro atoms. The zero-order valence-corrected chi connectivity index (χ0v) is 23.7. The van der Waals surface area contributed by atoms with Gasteiger partial charge in [0.15, 0.2) is 0 Å². The minimum Gasteiger partial charge on any atom is -0.343 e. The number of carbonyl (C=O) groups is 2. The van der Waals surface area contributed by atoms with Crippen molar-refractivity contribution in [3.63, 3.8) is 0 Å². The molecule has 0 aromatic heterocycles. The molecule has 1 unspecified atom stereocenters. The van der Waals surface area contributed by atoms with Gasteiger partial charge in [-0.3, -0.25) is 13.9 Å².